The highest BCUT2D eigenvalue weighted by atomic mass is 35.5. The van der Waals surface area contributed by atoms with Gasteiger partial charge in [0.1, 0.15) is 6.04 Å². The molecule has 9 heteroatoms. The van der Waals surface area contributed by atoms with Crippen molar-refractivity contribution < 1.29 is 14.4 Å². The fourth-order valence-corrected chi connectivity index (χ4v) is 7.79. The van der Waals surface area contributed by atoms with E-state index < -0.39 is 12.1 Å². The van der Waals surface area contributed by atoms with Crippen molar-refractivity contribution in [1.29, 1.82) is 0 Å². The molecule has 8 nitrogen and oxygen atoms in total. The fourth-order valence-electron chi connectivity index (χ4n) is 7.66. The van der Waals surface area contributed by atoms with E-state index in [0.29, 0.717) is 44.0 Å². The van der Waals surface area contributed by atoms with E-state index in [1.807, 2.05) is 76.5 Å². The number of amides is 3. The summed E-state index contributed by atoms with van der Waals surface area (Å²) in [6.07, 6.45) is 6.52. The second-order valence-corrected chi connectivity index (χ2v) is 13.8. The molecule has 3 amide bonds. The van der Waals surface area contributed by atoms with Crippen LogP contribution >= 0.6 is 11.6 Å². The van der Waals surface area contributed by atoms with E-state index in [2.05, 4.69) is 27.7 Å². The molecule has 0 spiro atoms. The van der Waals surface area contributed by atoms with Crippen molar-refractivity contribution in [2.45, 2.75) is 76.0 Å². The number of halogens is 1. The Morgan fingerprint density at radius 2 is 1.55 bits per heavy atom. The monoisotopic (exact) mass is 655 g/mol. The average Bonchev–Trinajstić information content (AvgIpc) is 3.11. The van der Waals surface area contributed by atoms with E-state index in [1.54, 1.807) is 6.92 Å². The first-order valence-corrected chi connectivity index (χ1v) is 17.4. The van der Waals surface area contributed by atoms with Gasteiger partial charge in [0.15, 0.2) is 0 Å². The van der Waals surface area contributed by atoms with Crippen molar-refractivity contribution in [3.8, 4) is 0 Å². The average molecular weight is 656 g/mol. The van der Waals surface area contributed by atoms with Crippen LogP contribution in [0.25, 0.3) is 0 Å². The molecule has 3 aliphatic rings. The molecule has 2 heterocycles. The quantitative estimate of drug-likeness (QED) is 0.340. The smallest absolute Gasteiger partial charge is 0.245 e. The highest BCUT2D eigenvalue weighted by molar-refractivity contribution is 6.30. The SMILES string of the molecule is CC(=O)N(CC1(N2CCN(C(=O)C(Cc3ccc(Cl)cc3)NC(=O)C3Cc4ccccc4CN3)CC2)CCCCC1)c1ccccc1. The minimum Gasteiger partial charge on any atom is -0.343 e. The third-order valence-corrected chi connectivity index (χ3v) is 10.6. The van der Waals surface area contributed by atoms with Crippen LogP contribution in [0, 0.1) is 0 Å². The molecule has 2 fully saturated rings. The Labute approximate surface area is 283 Å². The van der Waals surface area contributed by atoms with Crippen LogP contribution in [0.4, 0.5) is 5.69 Å². The van der Waals surface area contributed by atoms with Crippen molar-refractivity contribution in [3.63, 3.8) is 0 Å². The van der Waals surface area contributed by atoms with Gasteiger partial charge in [0.05, 0.1) is 6.04 Å². The Balaban J connectivity index is 1.15. The number of anilines is 1. The van der Waals surface area contributed by atoms with Crippen molar-refractivity contribution >= 4 is 35.0 Å². The lowest BCUT2D eigenvalue weighted by Gasteiger charge is -2.51. The molecule has 1 saturated carbocycles. The molecule has 2 N–H and O–H groups in total. The second kappa shape index (κ2) is 15.0. The number of carbonyl (C=O) groups excluding carboxylic acids is 3. The lowest BCUT2D eigenvalue weighted by Crippen LogP contribution is -2.64. The number of benzene rings is 3. The van der Waals surface area contributed by atoms with Gasteiger partial charge in [-0.05, 0) is 60.2 Å². The van der Waals surface area contributed by atoms with E-state index in [9.17, 15) is 14.4 Å². The molecule has 248 valence electrons. The van der Waals surface area contributed by atoms with Crippen molar-refractivity contribution in [3.05, 3.63) is 101 Å². The maximum atomic E-state index is 14.2. The van der Waals surface area contributed by atoms with Crippen LogP contribution < -0.4 is 15.5 Å². The molecule has 1 saturated heterocycles. The van der Waals surface area contributed by atoms with E-state index in [1.165, 1.54) is 12.0 Å². The zero-order chi connectivity index (χ0) is 32.8. The summed E-state index contributed by atoms with van der Waals surface area (Å²) in [4.78, 5) is 47.1. The van der Waals surface area contributed by atoms with E-state index >= 15 is 0 Å². The van der Waals surface area contributed by atoms with E-state index in [-0.39, 0.29) is 23.3 Å². The van der Waals surface area contributed by atoms with Crippen LogP contribution in [0.2, 0.25) is 5.02 Å². The highest BCUT2D eigenvalue weighted by Crippen LogP contribution is 2.36. The summed E-state index contributed by atoms with van der Waals surface area (Å²) < 4.78 is 0. The van der Waals surface area contributed by atoms with Crippen LogP contribution in [0.5, 0.6) is 0 Å². The zero-order valence-electron chi connectivity index (χ0n) is 27.3. The lowest BCUT2D eigenvalue weighted by atomic mass is 9.79. The zero-order valence-corrected chi connectivity index (χ0v) is 28.1. The highest BCUT2D eigenvalue weighted by Gasteiger charge is 2.42. The van der Waals surface area contributed by atoms with Gasteiger partial charge in [-0.15, -0.1) is 0 Å². The van der Waals surface area contributed by atoms with Gasteiger partial charge in [-0.2, -0.15) is 0 Å². The summed E-state index contributed by atoms with van der Waals surface area (Å²) in [6.45, 7) is 5.54. The maximum Gasteiger partial charge on any atom is 0.245 e. The minimum atomic E-state index is -0.691. The molecule has 2 unspecified atom stereocenters. The largest absolute Gasteiger partial charge is 0.343 e. The lowest BCUT2D eigenvalue weighted by molar-refractivity contribution is -0.139. The van der Waals surface area contributed by atoms with Gasteiger partial charge < -0.3 is 20.4 Å². The number of fused-ring (bicyclic) bond motifs is 1. The van der Waals surface area contributed by atoms with Crippen LogP contribution in [0.3, 0.4) is 0 Å². The van der Waals surface area contributed by atoms with E-state index in [0.717, 1.165) is 55.6 Å². The van der Waals surface area contributed by atoms with Crippen molar-refractivity contribution in [1.82, 2.24) is 20.4 Å². The van der Waals surface area contributed by atoms with Crippen LogP contribution in [0.15, 0.2) is 78.9 Å². The Morgan fingerprint density at radius 1 is 0.894 bits per heavy atom. The first kappa shape index (κ1) is 33.2. The standard InChI is InChI=1S/C38H46ClN5O3/c1-28(45)44(33-12-4-2-5-13-33)27-38(18-8-3-9-19-38)43-22-20-42(21-23-43)37(47)35(24-29-14-16-32(39)17-15-29)41-36(46)34-25-30-10-6-7-11-31(30)26-40-34/h2,4-7,10-17,34-35,40H,3,8-9,18-27H2,1H3,(H,41,46). The molecule has 3 aromatic carbocycles. The van der Waals surface area contributed by atoms with Gasteiger partial charge >= 0.3 is 0 Å². The second-order valence-electron chi connectivity index (χ2n) is 13.3. The minimum absolute atomic E-state index is 0.0479. The Morgan fingerprint density at radius 3 is 2.23 bits per heavy atom. The molecular formula is C38H46ClN5O3. The number of rotatable bonds is 9. The molecule has 2 aliphatic heterocycles. The Kier molecular flexibility index (Phi) is 10.6. The summed E-state index contributed by atoms with van der Waals surface area (Å²) in [6, 6.07) is 24.5. The summed E-state index contributed by atoms with van der Waals surface area (Å²) in [7, 11) is 0. The number of hydrogen-bond acceptors (Lipinski definition) is 5. The van der Waals surface area contributed by atoms with Crippen molar-refractivity contribution in [2.24, 2.45) is 0 Å². The Hall–Kier alpha value is -3.72. The number of nitrogens with zero attached hydrogens (tertiary/aromatic N) is 3. The summed E-state index contributed by atoms with van der Waals surface area (Å²) in [5.74, 6) is -0.167. The van der Waals surface area contributed by atoms with Gasteiger partial charge in [-0.1, -0.05) is 85.5 Å². The van der Waals surface area contributed by atoms with Gasteiger partial charge in [-0.25, -0.2) is 0 Å². The fraction of sp³-hybridized carbons (Fsp3) is 0.447. The van der Waals surface area contributed by atoms with Crippen LogP contribution in [0.1, 0.15) is 55.7 Å². The molecule has 3 aromatic rings. The predicted octanol–water partition coefficient (Wildman–Crippen LogP) is 4.98. The number of carbonyl (C=O) groups is 3. The van der Waals surface area contributed by atoms with Crippen LogP contribution in [-0.4, -0.2) is 77.9 Å². The summed E-state index contributed by atoms with van der Waals surface area (Å²) in [5.41, 5.74) is 4.11. The molecular weight excluding hydrogens is 610 g/mol. The third kappa shape index (κ3) is 7.88. The van der Waals surface area contributed by atoms with E-state index in [4.69, 9.17) is 11.6 Å². The third-order valence-electron chi connectivity index (χ3n) is 10.3. The summed E-state index contributed by atoms with van der Waals surface area (Å²) >= 11 is 6.15. The molecule has 47 heavy (non-hydrogen) atoms. The molecule has 1 aliphatic carbocycles. The summed E-state index contributed by atoms with van der Waals surface area (Å²) in [5, 5.41) is 7.13. The van der Waals surface area contributed by atoms with Crippen LogP contribution in [-0.2, 0) is 33.8 Å². The Bertz CT molecular complexity index is 1530. The molecule has 6 rings (SSSR count). The number of para-hydroxylation sites is 1. The number of hydrogen-bond donors (Lipinski definition) is 2. The molecule has 2 atom stereocenters. The predicted molar refractivity (Wildman–Crippen MR) is 186 cm³/mol. The topological polar surface area (TPSA) is 85.0 Å². The maximum absolute atomic E-state index is 14.2. The molecule has 0 bridgehead atoms. The van der Waals surface area contributed by atoms with Gasteiger partial charge in [0, 0.05) is 68.9 Å². The van der Waals surface area contributed by atoms with Gasteiger partial charge in [0.25, 0.3) is 0 Å². The number of piperazine rings is 1. The first-order chi connectivity index (χ1) is 22.8. The van der Waals surface area contributed by atoms with Gasteiger partial charge in [0.2, 0.25) is 17.7 Å². The van der Waals surface area contributed by atoms with Crippen molar-refractivity contribution in [2.75, 3.05) is 37.6 Å². The normalized spacial score (nSPS) is 20.1. The van der Waals surface area contributed by atoms with Gasteiger partial charge in [-0.3, -0.25) is 19.3 Å². The number of nitrogens with one attached hydrogen (secondary N) is 2. The molecule has 0 radical (unpaired) electrons. The molecule has 0 aromatic heterocycles. The first-order valence-electron chi connectivity index (χ1n) is 17.0.